The van der Waals surface area contributed by atoms with Crippen molar-refractivity contribution in [2.75, 3.05) is 12.3 Å². The summed E-state index contributed by atoms with van der Waals surface area (Å²) < 4.78 is 0. The number of carbonyl (C=O) groups excluding carboxylic acids is 2. The maximum absolute atomic E-state index is 12.4. The van der Waals surface area contributed by atoms with Crippen molar-refractivity contribution in [2.45, 2.75) is 38.0 Å². The summed E-state index contributed by atoms with van der Waals surface area (Å²) in [6, 6.07) is 4.28. The molecule has 1 aromatic carbocycles. The summed E-state index contributed by atoms with van der Waals surface area (Å²) in [6.07, 6.45) is 0.963. The fourth-order valence-electron chi connectivity index (χ4n) is 2.64. The summed E-state index contributed by atoms with van der Waals surface area (Å²) in [5.74, 6) is -0.399. The van der Waals surface area contributed by atoms with Gasteiger partial charge in [-0.1, -0.05) is 11.6 Å². The number of nitrogens with two attached hydrogens (primary N) is 1. The molecule has 0 aromatic heterocycles. The van der Waals surface area contributed by atoms with Crippen molar-refractivity contribution in [1.82, 2.24) is 10.2 Å². The molecule has 0 bridgehead atoms. The van der Waals surface area contributed by atoms with Gasteiger partial charge in [0.25, 0.3) is 5.91 Å². The molecule has 0 radical (unpaired) electrons. The lowest BCUT2D eigenvalue weighted by molar-refractivity contribution is -0.133. The van der Waals surface area contributed by atoms with E-state index >= 15 is 0 Å². The van der Waals surface area contributed by atoms with Gasteiger partial charge in [-0.15, -0.1) is 9.24 Å². The number of nitrogens with one attached hydrogen (secondary N) is 1. The number of likely N-dealkylation sites (tertiary alicyclic amines) is 1. The minimum absolute atomic E-state index is 0.0626. The molecular weight excluding hydrogens is 321 g/mol. The molecule has 1 aliphatic rings. The number of anilines is 1. The van der Waals surface area contributed by atoms with Crippen LogP contribution in [0, 0.1) is 0 Å². The number of hydrogen-bond donors (Lipinski definition) is 2. The van der Waals surface area contributed by atoms with E-state index in [1.165, 1.54) is 6.07 Å². The Morgan fingerprint density at radius 2 is 2.18 bits per heavy atom. The number of rotatable bonds is 3. The van der Waals surface area contributed by atoms with Crippen LogP contribution in [0.4, 0.5) is 5.69 Å². The summed E-state index contributed by atoms with van der Waals surface area (Å²) >= 11 is 5.91. The highest BCUT2D eigenvalue weighted by atomic mass is 35.5. The molecule has 5 nitrogen and oxygen atoms in total. The Hall–Kier alpha value is -1.32. The van der Waals surface area contributed by atoms with Gasteiger partial charge in [0.05, 0.1) is 10.7 Å². The molecule has 1 aliphatic heterocycles. The van der Waals surface area contributed by atoms with Crippen LogP contribution in [0.3, 0.4) is 0 Å². The van der Waals surface area contributed by atoms with Crippen LogP contribution >= 0.6 is 20.8 Å². The van der Waals surface area contributed by atoms with Crippen molar-refractivity contribution in [3.63, 3.8) is 0 Å². The SMILES string of the molecule is CC(NC(=O)c1ccc(N)c(Cl)c1)C(=O)N1CC(P)CC1C. The lowest BCUT2D eigenvalue weighted by Crippen LogP contribution is -2.48. The minimum atomic E-state index is -0.582. The normalized spacial score (nSPS) is 22.5. The Kier molecular flexibility index (Phi) is 5.30. The van der Waals surface area contributed by atoms with Crippen LogP contribution in [0.15, 0.2) is 18.2 Å². The van der Waals surface area contributed by atoms with Gasteiger partial charge in [0.1, 0.15) is 6.04 Å². The Bertz CT molecular complexity index is 596. The van der Waals surface area contributed by atoms with E-state index in [1.807, 2.05) is 11.8 Å². The number of carbonyl (C=O) groups is 2. The van der Waals surface area contributed by atoms with Gasteiger partial charge in [0.15, 0.2) is 0 Å². The Morgan fingerprint density at radius 3 is 2.73 bits per heavy atom. The number of nitrogens with zero attached hydrogens (tertiary/aromatic N) is 1. The molecule has 1 heterocycles. The lowest BCUT2D eigenvalue weighted by Gasteiger charge is -2.25. The molecule has 1 saturated heterocycles. The zero-order valence-electron chi connectivity index (χ0n) is 12.7. The third-order valence-corrected chi connectivity index (χ3v) is 4.68. The summed E-state index contributed by atoms with van der Waals surface area (Å²) in [7, 11) is 2.75. The molecule has 1 aromatic rings. The number of benzene rings is 1. The van der Waals surface area contributed by atoms with Gasteiger partial charge in [-0.25, -0.2) is 0 Å². The fourth-order valence-corrected chi connectivity index (χ4v) is 3.44. The molecule has 0 saturated carbocycles. The topological polar surface area (TPSA) is 75.4 Å². The molecule has 4 atom stereocenters. The van der Waals surface area contributed by atoms with E-state index < -0.39 is 6.04 Å². The zero-order valence-corrected chi connectivity index (χ0v) is 14.6. The maximum atomic E-state index is 12.4. The molecule has 0 spiro atoms. The molecule has 1 fully saturated rings. The van der Waals surface area contributed by atoms with Gasteiger partial charge in [0.2, 0.25) is 5.91 Å². The average molecular weight is 342 g/mol. The average Bonchev–Trinajstić information content (AvgIpc) is 2.79. The Balaban J connectivity index is 2.01. The van der Waals surface area contributed by atoms with Gasteiger partial charge in [-0.05, 0) is 44.1 Å². The van der Waals surface area contributed by atoms with Gasteiger partial charge in [-0.3, -0.25) is 9.59 Å². The molecule has 7 heteroatoms. The smallest absolute Gasteiger partial charge is 0.251 e. The Labute approximate surface area is 137 Å². The van der Waals surface area contributed by atoms with Crippen LogP contribution in [0.5, 0.6) is 0 Å². The van der Waals surface area contributed by atoms with Crippen molar-refractivity contribution in [2.24, 2.45) is 0 Å². The molecule has 22 heavy (non-hydrogen) atoms. The highest BCUT2D eigenvalue weighted by Gasteiger charge is 2.32. The quantitative estimate of drug-likeness (QED) is 0.651. The molecule has 4 unspecified atom stereocenters. The van der Waals surface area contributed by atoms with E-state index in [9.17, 15) is 9.59 Å². The third kappa shape index (κ3) is 3.71. The van der Waals surface area contributed by atoms with Crippen molar-refractivity contribution >= 4 is 38.3 Å². The predicted octanol–water partition coefficient (Wildman–Crippen LogP) is 1.91. The predicted molar refractivity (Wildman–Crippen MR) is 92.1 cm³/mol. The highest BCUT2D eigenvalue weighted by Crippen LogP contribution is 2.24. The van der Waals surface area contributed by atoms with Gasteiger partial charge >= 0.3 is 0 Å². The molecule has 2 amide bonds. The first-order valence-electron chi connectivity index (χ1n) is 7.21. The van der Waals surface area contributed by atoms with E-state index in [-0.39, 0.29) is 17.9 Å². The summed E-state index contributed by atoms with van der Waals surface area (Å²) in [6.45, 7) is 4.43. The van der Waals surface area contributed by atoms with E-state index in [1.54, 1.807) is 19.1 Å². The fraction of sp³-hybridized carbons (Fsp3) is 0.467. The second kappa shape index (κ2) is 6.84. The maximum Gasteiger partial charge on any atom is 0.251 e. The van der Waals surface area contributed by atoms with Crippen LogP contribution in [-0.2, 0) is 4.79 Å². The first-order valence-corrected chi connectivity index (χ1v) is 8.26. The number of halogens is 1. The number of amides is 2. The number of hydrogen-bond acceptors (Lipinski definition) is 3. The number of nitrogen functional groups attached to an aromatic ring is 1. The van der Waals surface area contributed by atoms with E-state index in [0.29, 0.717) is 28.5 Å². The first kappa shape index (κ1) is 17.0. The summed E-state index contributed by atoms with van der Waals surface area (Å²) in [5, 5.41) is 3.04. The van der Waals surface area contributed by atoms with Gasteiger partial charge < -0.3 is 16.0 Å². The molecule has 2 rings (SSSR count). The molecular formula is C15H21ClN3O2P. The van der Waals surface area contributed by atoms with Crippen LogP contribution in [0.1, 0.15) is 30.6 Å². The van der Waals surface area contributed by atoms with Gasteiger partial charge in [-0.2, -0.15) is 0 Å². The first-order chi connectivity index (χ1) is 10.3. The summed E-state index contributed by atoms with van der Waals surface area (Å²) in [4.78, 5) is 26.5. The van der Waals surface area contributed by atoms with Crippen molar-refractivity contribution < 1.29 is 9.59 Å². The molecule has 0 aliphatic carbocycles. The van der Waals surface area contributed by atoms with Crippen LogP contribution in [0.25, 0.3) is 0 Å². The largest absolute Gasteiger partial charge is 0.398 e. The minimum Gasteiger partial charge on any atom is -0.398 e. The molecule has 120 valence electrons. The Morgan fingerprint density at radius 1 is 1.50 bits per heavy atom. The van der Waals surface area contributed by atoms with Crippen molar-refractivity contribution in [1.29, 1.82) is 0 Å². The second-order valence-corrected chi connectivity index (χ2v) is 7.12. The van der Waals surface area contributed by atoms with Gasteiger partial charge in [0, 0.05) is 18.2 Å². The van der Waals surface area contributed by atoms with E-state index in [2.05, 4.69) is 14.6 Å². The van der Waals surface area contributed by atoms with Crippen LogP contribution in [0.2, 0.25) is 5.02 Å². The third-order valence-electron chi connectivity index (χ3n) is 3.87. The zero-order chi connectivity index (χ0) is 16.4. The van der Waals surface area contributed by atoms with Crippen molar-refractivity contribution in [3.05, 3.63) is 28.8 Å². The van der Waals surface area contributed by atoms with E-state index in [0.717, 1.165) is 6.42 Å². The van der Waals surface area contributed by atoms with Crippen LogP contribution < -0.4 is 11.1 Å². The highest BCUT2D eigenvalue weighted by molar-refractivity contribution is 7.17. The van der Waals surface area contributed by atoms with Crippen LogP contribution in [-0.4, -0.2) is 41.0 Å². The van der Waals surface area contributed by atoms with E-state index in [4.69, 9.17) is 17.3 Å². The van der Waals surface area contributed by atoms with Crippen molar-refractivity contribution in [3.8, 4) is 0 Å². The lowest BCUT2D eigenvalue weighted by atomic mass is 10.1. The molecule has 3 N–H and O–H groups in total. The monoisotopic (exact) mass is 341 g/mol. The second-order valence-electron chi connectivity index (χ2n) is 5.77. The summed E-state index contributed by atoms with van der Waals surface area (Å²) in [5.41, 5.74) is 6.84. The standard InChI is InChI=1S/C15H21ClN3O2P/c1-8-5-11(22)7-19(8)15(21)9(2)18-14(20)10-3-4-13(17)12(16)6-10/h3-4,6,8-9,11H,5,7,17,22H2,1-2H3,(H,18,20).